The predicted molar refractivity (Wildman–Crippen MR) is 81.1 cm³/mol. The van der Waals surface area contributed by atoms with E-state index < -0.39 is 5.54 Å². The van der Waals surface area contributed by atoms with E-state index in [-0.39, 0.29) is 5.91 Å². The summed E-state index contributed by atoms with van der Waals surface area (Å²) in [7, 11) is 2.01. The van der Waals surface area contributed by atoms with Crippen molar-refractivity contribution in [2.75, 3.05) is 7.05 Å². The van der Waals surface area contributed by atoms with Gasteiger partial charge < -0.3 is 10.6 Å². The molecule has 4 fully saturated rings. The number of nitrogens with two attached hydrogens (primary N) is 1. The maximum absolute atomic E-state index is 12.8. The fraction of sp³-hybridized carbons (Fsp3) is 0.941. The molecule has 4 aliphatic rings. The Morgan fingerprint density at radius 2 is 1.65 bits per heavy atom. The van der Waals surface area contributed by atoms with Gasteiger partial charge in [0.1, 0.15) is 0 Å². The third kappa shape index (κ3) is 2.28. The molecule has 0 aromatic heterocycles. The molecule has 4 saturated carbocycles. The lowest BCUT2D eigenvalue weighted by molar-refractivity contribution is -0.146. The zero-order valence-corrected chi connectivity index (χ0v) is 13.3. The average Bonchev–Trinajstić information content (AvgIpc) is 2.36. The minimum atomic E-state index is -0.682. The van der Waals surface area contributed by atoms with E-state index in [1.807, 2.05) is 18.9 Å². The molecule has 3 heteroatoms. The molecule has 1 amide bonds. The Bertz CT molecular complexity index is 362. The van der Waals surface area contributed by atoms with Gasteiger partial charge in [-0.25, -0.2) is 0 Å². The van der Waals surface area contributed by atoms with Gasteiger partial charge in [-0.05, 0) is 69.1 Å². The minimum absolute atomic E-state index is 0.164. The third-order valence-corrected chi connectivity index (χ3v) is 6.20. The van der Waals surface area contributed by atoms with Gasteiger partial charge in [-0.15, -0.1) is 0 Å². The molecule has 4 aliphatic carbocycles. The van der Waals surface area contributed by atoms with Crippen LogP contribution in [0.3, 0.4) is 0 Å². The topological polar surface area (TPSA) is 46.3 Å². The predicted octanol–water partition coefficient (Wildman–Crippen LogP) is 2.79. The molecule has 4 bridgehead atoms. The van der Waals surface area contributed by atoms with Gasteiger partial charge in [-0.2, -0.15) is 0 Å². The Kier molecular flexibility index (Phi) is 3.60. The summed E-state index contributed by atoms with van der Waals surface area (Å²) >= 11 is 0. The molecular weight excluding hydrogens is 248 g/mol. The fourth-order valence-electron chi connectivity index (χ4n) is 5.69. The van der Waals surface area contributed by atoms with Crippen LogP contribution in [0, 0.1) is 23.7 Å². The summed E-state index contributed by atoms with van der Waals surface area (Å²) in [6, 6.07) is 0.468. The summed E-state index contributed by atoms with van der Waals surface area (Å²) in [5.41, 5.74) is 5.59. The quantitative estimate of drug-likeness (QED) is 0.859. The summed E-state index contributed by atoms with van der Waals surface area (Å²) in [6.45, 7) is 4.01. The highest BCUT2D eigenvalue weighted by Gasteiger charge is 2.51. The number of hydrogen-bond acceptors (Lipinski definition) is 2. The highest BCUT2D eigenvalue weighted by Crippen LogP contribution is 2.55. The molecule has 0 saturated heterocycles. The van der Waals surface area contributed by atoms with Gasteiger partial charge in [0.25, 0.3) is 0 Å². The van der Waals surface area contributed by atoms with Crippen molar-refractivity contribution in [1.29, 1.82) is 0 Å². The fourth-order valence-corrected chi connectivity index (χ4v) is 5.69. The number of carbonyl (C=O) groups is 1. The van der Waals surface area contributed by atoms with Gasteiger partial charge in [0.05, 0.1) is 5.54 Å². The summed E-state index contributed by atoms with van der Waals surface area (Å²) in [4.78, 5) is 14.8. The Hall–Kier alpha value is -0.570. The lowest BCUT2D eigenvalue weighted by Crippen LogP contribution is -2.61. The maximum atomic E-state index is 12.8. The van der Waals surface area contributed by atoms with E-state index in [0.717, 1.165) is 36.5 Å². The van der Waals surface area contributed by atoms with Gasteiger partial charge in [-0.3, -0.25) is 4.79 Å². The molecule has 1 unspecified atom stereocenters. The van der Waals surface area contributed by atoms with E-state index in [1.54, 1.807) is 0 Å². The molecule has 0 radical (unpaired) electrons. The smallest absolute Gasteiger partial charge is 0.242 e. The lowest BCUT2D eigenvalue weighted by atomic mass is 9.54. The van der Waals surface area contributed by atoms with Crippen LogP contribution in [0.1, 0.15) is 58.8 Å². The van der Waals surface area contributed by atoms with Crippen molar-refractivity contribution in [1.82, 2.24) is 4.90 Å². The summed E-state index contributed by atoms with van der Waals surface area (Å²) in [5, 5.41) is 0. The van der Waals surface area contributed by atoms with Crippen LogP contribution in [0.15, 0.2) is 0 Å². The van der Waals surface area contributed by atoms with Gasteiger partial charge in [0.2, 0.25) is 5.91 Å². The van der Waals surface area contributed by atoms with Crippen molar-refractivity contribution < 1.29 is 4.79 Å². The van der Waals surface area contributed by atoms with Crippen molar-refractivity contribution in [3.8, 4) is 0 Å². The zero-order valence-electron chi connectivity index (χ0n) is 13.3. The first-order valence-electron chi connectivity index (χ1n) is 8.48. The zero-order chi connectivity index (χ0) is 14.5. The Morgan fingerprint density at radius 1 is 1.15 bits per heavy atom. The van der Waals surface area contributed by atoms with E-state index >= 15 is 0 Å². The molecule has 3 nitrogen and oxygen atoms in total. The van der Waals surface area contributed by atoms with E-state index in [4.69, 9.17) is 5.73 Å². The highest BCUT2D eigenvalue weighted by molar-refractivity contribution is 5.85. The van der Waals surface area contributed by atoms with Crippen LogP contribution in [0.4, 0.5) is 0 Å². The second-order valence-electron chi connectivity index (χ2n) is 8.00. The molecule has 0 aliphatic heterocycles. The number of hydrogen-bond donors (Lipinski definition) is 1. The van der Waals surface area contributed by atoms with E-state index in [9.17, 15) is 4.79 Å². The molecule has 114 valence electrons. The van der Waals surface area contributed by atoms with Crippen molar-refractivity contribution in [2.24, 2.45) is 29.4 Å². The third-order valence-electron chi connectivity index (χ3n) is 6.20. The molecular formula is C17H30N2O. The van der Waals surface area contributed by atoms with Crippen molar-refractivity contribution in [3.05, 3.63) is 0 Å². The second-order valence-corrected chi connectivity index (χ2v) is 8.00. The van der Waals surface area contributed by atoms with Crippen LogP contribution in [0.25, 0.3) is 0 Å². The first-order valence-corrected chi connectivity index (χ1v) is 8.48. The first-order chi connectivity index (χ1) is 9.42. The monoisotopic (exact) mass is 278 g/mol. The van der Waals surface area contributed by atoms with Crippen molar-refractivity contribution in [2.45, 2.75) is 70.4 Å². The van der Waals surface area contributed by atoms with Crippen LogP contribution in [-0.4, -0.2) is 29.4 Å². The van der Waals surface area contributed by atoms with Crippen LogP contribution >= 0.6 is 0 Å². The molecule has 0 aromatic carbocycles. The van der Waals surface area contributed by atoms with Crippen LogP contribution in [0.5, 0.6) is 0 Å². The van der Waals surface area contributed by atoms with Crippen molar-refractivity contribution in [3.63, 3.8) is 0 Å². The molecule has 0 aromatic rings. The average molecular weight is 278 g/mol. The second kappa shape index (κ2) is 5.01. The van der Waals surface area contributed by atoms with Gasteiger partial charge in [0.15, 0.2) is 0 Å². The molecule has 20 heavy (non-hydrogen) atoms. The van der Waals surface area contributed by atoms with Crippen LogP contribution in [0.2, 0.25) is 0 Å². The number of amides is 1. The van der Waals surface area contributed by atoms with E-state index in [2.05, 4.69) is 6.92 Å². The van der Waals surface area contributed by atoms with Gasteiger partial charge in [0, 0.05) is 13.1 Å². The van der Waals surface area contributed by atoms with Gasteiger partial charge >= 0.3 is 0 Å². The number of carbonyl (C=O) groups excluding carboxylic acids is 1. The Labute approximate surface area is 123 Å². The summed E-state index contributed by atoms with van der Waals surface area (Å²) in [5.74, 6) is 3.57. The molecule has 2 N–H and O–H groups in total. The normalized spacial score (nSPS) is 41.5. The summed E-state index contributed by atoms with van der Waals surface area (Å²) < 4.78 is 0. The SMILES string of the molecule is CCCC(C)(N)C(=O)N(C)C1C2CC3CC(C2)CC1C3. The molecule has 0 heterocycles. The van der Waals surface area contributed by atoms with E-state index in [0.29, 0.717) is 6.04 Å². The number of nitrogens with zero attached hydrogens (tertiary/aromatic N) is 1. The van der Waals surface area contributed by atoms with E-state index in [1.165, 1.54) is 32.1 Å². The summed E-state index contributed by atoms with van der Waals surface area (Å²) in [6.07, 6.45) is 8.61. The lowest BCUT2D eigenvalue weighted by Gasteiger charge is -2.57. The minimum Gasteiger partial charge on any atom is -0.341 e. The van der Waals surface area contributed by atoms with Crippen LogP contribution in [-0.2, 0) is 4.79 Å². The molecule has 0 spiro atoms. The standard InChI is InChI=1S/C17H30N2O/c1-4-5-17(2,18)16(20)19(3)15-13-7-11-6-12(9-13)10-14(15)8-11/h11-15H,4-10,18H2,1-3H3. The first kappa shape index (κ1) is 14.4. The highest BCUT2D eigenvalue weighted by atomic mass is 16.2. The molecule has 4 rings (SSSR count). The number of likely N-dealkylation sites (N-methyl/N-ethyl adjacent to an activating group) is 1. The van der Waals surface area contributed by atoms with Gasteiger partial charge in [-0.1, -0.05) is 13.3 Å². The Morgan fingerprint density at radius 3 is 2.10 bits per heavy atom. The van der Waals surface area contributed by atoms with Crippen molar-refractivity contribution >= 4 is 5.91 Å². The number of rotatable bonds is 4. The maximum Gasteiger partial charge on any atom is 0.242 e. The van der Waals surface area contributed by atoms with Crippen LogP contribution < -0.4 is 5.73 Å². The largest absolute Gasteiger partial charge is 0.341 e. The molecule has 1 atom stereocenters. The Balaban J connectivity index is 1.74.